The van der Waals surface area contributed by atoms with E-state index >= 15 is 0 Å². The maximum Gasteiger partial charge on any atom is 0.343 e. The van der Waals surface area contributed by atoms with Gasteiger partial charge >= 0.3 is 5.97 Å². The predicted molar refractivity (Wildman–Crippen MR) is 129 cm³/mol. The monoisotopic (exact) mass is 555 g/mol. The Morgan fingerprint density at radius 3 is 2.38 bits per heavy atom. The summed E-state index contributed by atoms with van der Waals surface area (Å²) in [5, 5.41) is 2.03. The molecule has 0 aromatic heterocycles. The molecular formula is C24H15BrINO2. The highest BCUT2D eigenvalue weighted by atomic mass is 127. The Morgan fingerprint density at radius 2 is 1.62 bits per heavy atom. The molecule has 0 saturated heterocycles. The van der Waals surface area contributed by atoms with Crippen molar-refractivity contribution in [1.82, 2.24) is 0 Å². The average molecular weight is 556 g/mol. The minimum Gasteiger partial charge on any atom is -0.422 e. The van der Waals surface area contributed by atoms with E-state index in [9.17, 15) is 4.79 Å². The SMILES string of the molecule is O=C(Oc1ccc2ccccc2c1C=Nc1ccc(I)cc1)c1ccc(Br)cc1. The molecule has 0 unspecified atom stereocenters. The van der Waals surface area contributed by atoms with Crippen molar-refractivity contribution in [3.63, 3.8) is 0 Å². The molecule has 0 bridgehead atoms. The zero-order valence-electron chi connectivity index (χ0n) is 15.2. The van der Waals surface area contributed by atoms with Gasteiger partial charge in [-0.05, 0) is 88.0 Å². The van der Waals surface area contributed by atoms with Crippen molar-refractivity contribution >= 4 is 67.2 Å². The number of aliphatic imine (C=N–C) groups is 1. The van der Waals surface area contributed by atoms with Crippen LogP contribution in [0.5, 0.6) is 5.75 Å². The lowest BCUT2D eigenvalue weighted by Gasteiger charge is -2.10. The lowest BCUT2D eigenvalue weighted by molar-refractivity contribution is 0.0734. The van der Waals surface area contributed by atoms with E-state index in [1.165, 1.54) is 0 Å². The summed E-state index contributed by atoms with van der Waals surface area (Å²) in [5.41, 5.74) is 2.09. The third-order valence-electron chi connectivity index (χ3n) is 4.38. The summed E-state index contributed by atoms with van der Waals surface area (Å²) in [6, 6.07) is 26.7. The smallest absolute Gasteiger partial charge is 0.343 e. The van der Waals surface area contributed by atoms with Crippen LogP contribution in [0.3, 0.4) is 0 Å². The molecule has 0 radical (unpaired) electrons. The molecule has 0 amide bonds. The number of hydrogen-bond donors (Lipinski definition) is 0. The second-order valence-electron chi connectivity index (χ2n) is 6.33. The van der Waals surface area contributed by atoms with Gasteiger partial charge in [0, 0.05) is 19.8 Å². The minimum absolute atomic E-state index is 0.406. The summed E-state index contributed by atoms with van der Waals surface area (Å²) in [7, 11) is 0. The molecule has 0 spiro atoms. The van der Waals surface area contributed by atoms with Gasteiger partial charge in [0.25, 0.3) is 0 Å². The molecule has 0 aliphatic carbocycles. The topological polar surface area (TPSA) is 38.7 Å². The van der Waals surface area contributed by atoms with Gasteiger partial charge in [0.05, 0.1) is 11.3 Å². The van der Waals surface area contributed by atoms with Crippen LogP contribution in [-0.2, 0) is 0 Å². The van der Waals surface area contributed by atoms with E-state index in [2.05, 4.69) is 43.5 Å². The van der Waals surface area contributed by atoms with Crippen LogP contribution in [0.1, 0.15) is 15.9 Å². The highest BCUT2D eigenvalue weighted by Crippen LogP contribution is 2.28. The Bertz CT molecular complexity index is 1200. The summed E-state index contributed by atoms with van der Waals surface area (Å²) in [6.45, 7) is 0. The van der Waals surface area contributed by atoms with Crippen molar-refractivity contribution in [2.45, 2.75) is 0 Å². The second-order valence-corrected chi connectivity index (χ2v) is 8.49. The lowest BCUT2D eigenvalue weighted by Crippen LogP contribution is -2.09. The first-order chi connectivity index (χ1) is 14.1. The van der Waals surface area contributed by atoms with Crippen LogP contribution in [0.15, 0.2) is 94.4 Å². The van der Waals surface area contributed by atoms with Crippen LogP contribution in [0, 0.1) is 3.57 Å². The third-order valence-corrected chi connectivity index (χ3v) is 5.63. The number of halogens is 2. The van der Waals surface area contributed by atoms with Crippen molar-refractivity contribution in [2.75, 3.05) is 0 Å². The zero-order chi connectivity index (χ0) is 20.2. The zero-order valence-corrected chi connectivity index (χ0v) is 18.9. The average Bonchev–Trinajstić information content (AvgIpc) is 2.74. The van der Waals surface area contributed by atoms with E-state index in [1.807, 2.05) is 72.8 Å². The molecule has 0 aliphatic rings. The van der Waals surface area contributed by atoms with E-state index in [-0.39, 0.29) is 0 Å². The van der Waals surface area contributed by atoms with Gasteiger partial charge in [0.1, 0.15) is 5.75 Å². The molecule has 0 aliphatic heterocycles. The first kappa shape index (κ1) is 19.8. The van der Waals surface area contributed by atoms with Crippen molar-refractivity contribution in [1.29, 1.82) is 0 Å². The molecule has 0 atom stereocenters. The van der Waals surface area contributed by atoms with Gasteiger partial charge < -0.3 is 4.74 Å². The molecule has 0 saturated carbocycles. The van der Waals surface area contributed by atoms with Gasteiger partial charge in [-0.15, -0.1) is 0 Å². The van der Waals surface area contributed by atoms with Gasteiger partial charge in [-0.2, -0.15) is 0 Å². The second kappa shape index (κ2) is 8.88. The molecule has 3 nitrogen and oxygen atoms in total. The third kappa shape index (κ3) is 4.74. The number of hydrogen-bond acceptors (Lipinski definition) is 3. The van der Waals surface area contributed by atoms with Gasteiger partial charge in [-0.1, -0.05) is 46.3 Å². The van der Waals surface area contributed by atoms with E-state index in [1.54, 1.807) is 18.3 Å². The van der Waals surface area contributed by atoms with Crippen molar-refractivity contribution < 1.29 is 9.53 Å². The first-order valence-corrected chi connectivity index (χ1v) is 10.8. The number of fused-ring (bicyclic) bond motifs is 1. The molecule has 5 heteroatoms. The fraction of sp³-hybridized carbons (Fsp3) is 0. The van der Waals surface area contributed by atoms with Crippen LogP contribution < -0.4 is 4.74 Å². The van der Waals surface area contributed by atoms with E-state index in [0.29, 0.717) is 11.3 Å². The largest absolute Gasteiger partial charge is 0.422 e. The molecule has 4 aromatic rings. The first-order valence-electron chi connectivity index (χ1n) is 8.89. The fourth-order valence-corrected chi connectivity index (χ4v) is 3.53. The normalized spacial score (nSPS) is 11.1. The fourth-order valence-electron chi connectivity index (χ4n) is 2.91. The molecule has 4 rings (SSSR count). The highest BCUT2D eigenvalue weighted by molar-refractivity contribution is 14.1. The van der Waals surface area contributed by atoms with Gasteiger partial charge in [0.15, 0.2) is 0 Å². The minimum atomic E-state index is -0.406. The Hall–Kier alpha value is -2.51. The summed E-state index contributed by atoms with van der Waals surface area (Å²) >= 11 is 5.64. The van der Waals surface area contributed by atoms with Crippen molar-refractivity contribution in [3.05, 3.63) is 104 Å². The highest BCUT2D eigenvalue weighted by Gasteiger charge is 2.13. The molecule has 0 heterocycles. The molecule has 0 fully saturated rings. The number of rotatable bonds is 4. The van der Waals surface area contributed by atoms with Gasteiger partial charge in [0.2, 0.25) is 0 Å². The van der Waals surface area contributed by atoms with E-state index in [0.717, 1.165) is 30.1 Å². The Labute approximate surface area is 190 Å². The van der Waals surface area contributed by atoms with Gasteiger partial charge in [-0.25, -0.2) is 4.79 Å². The van der Waals surface area contributed by atoms with Crippen molar-refractivity contribution in [2.24, 2.45) is 4.99 Å². The van der Waals surface area contributed by atoms with Crippen LogP contribution in [0.2, 0.25) is 0 Å². The maximum absolute atomic E-state index is 12.6. The van der Waals surface area contributed by atoms with Crippen LogP contribution in [0.4, 0.5) is 5.69 Å². The van der Waals surface area contributed by atoms with Crippen LogP contribution >= 0.6 is 38.5 Å². The quantitative estimate of drug-likeness (QED) is 0.116. The molecule has 0 N–H and O–H groups in total. The summed E-state index contributed by atoms with van der Waals surface area (Å²) < 4.78 is 7.80. The van der Waals surface area contributed by atoms with Crippen molar-refractivity contribution in [3.8, 4) is 5.75 Å². The lowest BCUT2D eigenvalue weighted by atomic mass is 10.0. The van der Waals surface area contributed by atoms with E-state index in [4.69, 9.17) is 4.74 Å². The summed E-state index contributed by atoms with van der Waals surface area (Å²) in [4.78, 5) is 17.2. The number of nitrogens with zero attached hydrogens (tertiary/aromatic N) is 1. The molecule has 4 aromatic carbocycles. The summed E-state index contributed by atoms with van der Waals surface area (Å²) in [5.74, 6) is 0.0718. The molecule has 29 heavy (non-hydrogen) atoms. The molecule has 142 valence electrons. The van der Waals surface area contributed by atoms with E-state index < -0.39 is 5.97 Å². The number of benzene rings is 4. The molecular weight excluding hydrogens is 541 g/mol. The van der Waals surface area contributed by atoms with Gasteiger partial charge in [-0.3, -0.25) is 4.99 Å². The number of ether oxygens (including phenoxy) is 1. The van der Waals surface area contributed by atoms with Crippen LogP contribution in [-0.4, -0.2) is 12.2 Å². The Balaban J connectivity index is 1.73. The standard InChI is InChI=1S/C24H15BrINO2/c25-18-8-5-17(6-9-18)24(28)29-23-14-7-16-3-1-2-4-21(16)22(23)15-27-20-12-10-19(26)11-13-20/h1-15H. The van der Waals surface area contributed by atoms with Crippen LogP contribution in [0.25, 0.3) is 10.8 Å². The Morgan fingerprint density at radius 1 is 0.897 bits per heavy atom. The number of esters is 1. The number of carbonyl (C=O) groups excluding carboxylic acids is 1. The summed E-state index contributed by atoms with van der Waals surface area (Å²) in [6.07, 6.45) is 1.76. The number of carbonyl (C=O) groups is 1. The Kier molecular flexibility index (Phi) is 6.06. The maximum atomic E-state index is 12.6. The predicted octanol–water partition coefficient (Wildman–Crippen LogP) is 7.18.